The molecule has 3 heteroatoms. The fourth-order valence-corrected chi connectivity index (χ4v) is 2.53. The molecule has 92 valence electrons. The van der Waals surface area contributed by atoms with Crippen molar-refractivity contribution in [2.24, 2.45) is 0 Å². The predicted molar refractivity (Wildman–Crippen MR) is 67.6 cm³/mol. The van der Waals surface area contributed by atoms with Gasteiger partial charge in [0.15, 0.2) is 0 Å². The highest BCUT2D eigenvalue weighted by Crippen LogP contribution is 2.20. The molecule has 2 heterocycles. The van der Waals surface area contributed by atoms with Gasteiger partial charge in [0.1, 0.15) is 0 Å². The average Bonchev–Trinajstić information content (AvgIpc) is 2.40. The van der Waals surface area contributed by atoms with Crippen molar-refractivity contribution in [3.05, 3.63) is 30.1 Å². The lowest BCUT2D eigenvalue weighted by atomic mass is 9.99. The molecule has 1 unspecified atom stereocenters. The first-order valence-corrected chi connectivity index (χ1v) is 6.49. The molecule has 1 aliphatic heterocycles. The molecular formula is C14H20N2O. The molecule has 2 rings (SSSR count). The second-order valence-electron chi connectivity index (χ2n) is 4.68. The van der Waals surface area contributed by atoms with Crippen LogP contribution in [0.4, 0.5) is 0 Å². The first-order chi connectivity index (χ1) is 8.31. The Kier molecular flexibility index (Phi) is 4.13. The molecule has 1 aromatic heterocycles. The third-order valence-corrected chi connectivity index (χ3v) is 3.50. The molecule has 1 atom stereocenters. The third kappa shape index (κ3) is 3.05. The number of amides is 1. The van der Waals surface area contributed by atoms with Crippen LogP contribution in [0.5, 0.6) is 0 Å². The first-order valence-electron chi connectivity index (χ1n) is 6.49. The van der Waals surface area contributed by atoms with Crippen LogP contribution in [0.2, 0.25) is 0 Å². The van der Waals surface area contributed by atoms with Crippen LogP contribution >= 0.6 is 0 Å². The maximum Gasteiger partial charge on any atom is 0.227 e. The van der Waals surface area contributed by atoms with Gasteiger partial charge in [0, 0.05) is 25.0 Å². The van der Waals surface area contributed by atoms with Gasteiger partial charge in [-0.05, 0) is 37.3 Å². The van der Waals surface area contributed by atoms with Gasteiger partial charge in [-0.15, -0.1) is 0 Å². The molecule has 0 radical (unpaired) electrons. The Hall–Kier alpha value is -1.38. The Morgan fingerprint density at radius 2 is 2.41 bits per heavy atom. The zero-order valence-corrected chi connectivity index (χ0v) is 10.4. The fourth-order valence-electron chi connectivity index (χ4n) is 2.53. The minimum atomic E-state index is 0.254. The third-order valence-electron chi connectivity index (χ3n) is 3.50. The second kappa shape index (κ2) is 5.80. The van der Waals surface area contributed by atoms with Crippen molar-refractivity contribution in [1.82, 2.24) is 9.88 Å². The number of nitrogens with zero attached hydrogens (tertiary/aromatic N) is 2. The quantitative estimate of drug-likeness (QED) is 0.802. The second-order valence-corrected chi connectivity index (χ2v) is 4.68. The summed E-state index contributed by atoms with van der Waals surface area (Å²) in [5.74, 6) is 0.254. The van der Waals surface area contributed by atoms with E-state index >= 15 is 0 Å². The van der Waals surface area contributed by atoms with Crippen molar-refractivity contribution in [1.29, 1.82) is 0 Å². The van der Waals surface area contributed by atoms with Crippen molar-refractivity contribution < 1.29 is 4.79 Å². The molecule has 3 nitrogen and oxygen atoms in total. The van der Waals surface area contributed by atoms with Crippen LogP contribution < -0.4 is 0 Å². The van der Waals surface area contributed by atoms with Crippen LogP contribution in [-0.4, -0.2) is 28.4 Å². The zero-order chi connectivity index (χ0) is 12.1. The molecule has 1 fully saturated rings. The molecule has 1 saturated heterocycles. The van der Waals surface area contributed by atoms with E-state index in [0.29, 0.717) is 12.5 Å². The zero-order valence-electron chi connectivity index (χ0n) is 10.4. The van der Waals surface area contributed by atoms with E-state index in [1.54, 1.807) is 12.4 Å². The highest BCUT2D eigenvalue weighted by molar-refractivity contribution is 5.79. The van der Waals surface area contributed by atoms with Crippen molar-refractivity contribution in [3.63, 3.8) is 0 Å². The summed E-state index contributed by atoms with van der Waals surface area (Å²) in [5, 5.41) is 0. The molecular weight excluding hydrogens is 212 g/mol. The monoisotopic (exact) mass is 232 g/mol. The first kappa shape index (κ1) is 12.1. The smallest absolute Gasteiger partial charge is 0.227 e. The van der Waals surface area contributed by atoms with Crippen LogP contribution in [0.25, 0.3) is 0 Å². The lowest BCUT2D eigenvalue weighted by Gasteiger charge is -2.35. The lowest BCUT2D eigenvalue weighted by molar-refractivity contribution is -0.134. The average molecular weight is 232 g/mol. The number of carbonyl (C=O) groups is 1. The van der Waals surface area contributed by atoms with Gasteiger partial charge >= 0.3 is 0 Å². The summed E-state index contributed by atoms with van der Waals surface area (Å²) in [6.07, 6.45) is 8.65. The molecule has 1 aliphatic rings. The van der Waals surface area contributed by atoms with Gasteiger partial charge in [0.05, 0.1) is 6.42 Å². The Morgan fingerprint density at radius 1 is 1.53 bits per heavy atom. The number of rotatable bonds is 3. The maximum absolute atomic E-state index is 12.2. The van der Waals surface area contributed by atoms with Gasteiger partial charge in [-0.3, -0.25) is 9.78 Å². The number of carbonyl (C=O) groups excluding carboxylic acids is 1. The normalized spacial score (nSPS) is 20.3. The van der Waals surface area contributed by atoms with Crippen molar-refractivity contribution in [3.8, 4) is 0 Å². The number of piperidine rings is 1. The van der Waals surface area contributed by atoms with E-state index < -0.39 is 0 Å². The predicted octanol–water partition coefficient (Wildman–Crippen LogP) is 2.42. The molecule has 17 heavy (non-hydrogen) atoms. The Labute approximate surface area is 103 Å². The fraction of sp³-hybridized carbons (Fsp3) is 0.571. The summed E-state index contributed by atoms with van der Waals surface area (Å²) in [6, 6.07) is 4.30. The number of aromatic nitrogens is 1. The maximum atomic E-state index is 12.2. The van der Waals surface area contributed by atoms with Crippen molar-refractivity contribution in [2.45, 2.75) is 45.1 Å². The Balaban J connectivity index is 1.99. The minimum absolute atomic E-state index is 0.254. The summed E-state index contributed by atoms with van der Waals surface area (Å²) >= 11 is 0. The molecule has 0 aliphatic carbocycles. The molecule has 1 amide bonds. The summed E-state index contributed by atoms with van der Waals surface area (Å²) < 4.78 is 0. The van der Waals surface area contributed by atoms with Crippen molar-refractivity contribution in [2.75, 3.05) is 6.54 Å². The number of hydrogen-bond acceptors (Lipinski definition) is 2. The Morgan fingerprint density at radius 3 is 3.12 bits per heavy atom. The molecule has 0 spiro atoms. The van der Waals surface area contributed by atoms with Gasteiger partial charge in [-0.2, -0.15) is 0 Å². The van der Waals surface area contributed by atoms with Gasteiger partial charge in [0.25, 0.3) is 0 Å². The topological polar surface area (TPSA) is 33.2 Å². The van der Waals surface area contributed by atoms with E-state index in [2.05, 4.69) is 16.8 Å². The summed E-state index contributed by atoms with van der Waals surface area (Å²) in [7, 11) is 0. The molecule has 1 aromatic rings. The van der Waals surface area contributed by atoms with E-state index in [0.717, 1.165) is 31.4 Å². The lowest BCUT2D eigenvalue weighted by Crippen LogP contribution is -2.44. The van der Waals surface area contributed by atoms with E-state index in [-0.39, 0.29) is 5.91 Å². The van der Waals surface area contributed by atoms with Gasteiger partial charge in [-0.25, -0.2) is 0 Å². The summed E-state index contributed by atoms with van der Waals surface area (Å²) in [6.45, 7) is 3.10. The standard InChI is InChI=1S/C14H20N2O/c1-2-13-7-3-4-9-16(13)14(17)10-12-6-5-8-15-11-12/h5-6,8,11,13H,2-4,7,9-10H2,1H3. The summed E-state index contributed by atoms with van der Waals surface area (Å²) in [5.41, 5.74) is 1.01. The molecule has 0 N–H and O–H groups in total. The van der Waals surface area contributed by atoms with Gasteiger partial charge in [-0.1, -0.05) is 13.0 Å². The van der Waals surface area contributed by atoms with Crippen LogP contribution in [0.3, 0.4) is 0 Å². The SMILES string of the molecule is CCC1CCCCN1C(=O)Cc1cccnc1. The van der Waals surface area contributed by atoms with Gasteiger partial charge < -0.3 is 4.90 Å². The molecule has 0 bridgehead atoms. The Bertz CT molecular complexity index is 364. The number of pyridine rings is 1. The molecule has 0 saturated carbocycles. The summed E-state index contributed by atoms with van der Waals surface area (Å²) in [4.78, 5) is 18.4. The largest absolute Gasteiger partial charge is 0.339 e. The van der Waals surface area contributed by atoms with Crippen molar-refractivity contribution >= 4 is 5.91 Å². The van der Waals surface area contributed by atoms with Crippen LogP contribution in [0, 0.1) is 0 Å². The highest BCUT2D eigenvalue weighted by Gasteiger charge is 2.24. The van der Waals surface area contributed by atoms with E-state index in [1.165, 1.54) is 6.42 Å². The minimum Gasteiger partial charge on any atom is -0.339 e. The number of hydrogen-bond donors (Lipinski definition) is 0. The van der Waals surface area contributed by atoms with E-state index in [4.69, 9.17) is 0 Å². The number of likely N-dealkylation sites (tertiary alicyclic amines) is 1. The van der Waals surface area contributed by atoms with Crippen LogP contribution in [0.15, 0.2) is 24.5 Å². The van der Waals surface area contributed by atoms with E-state index in [1.807, 2.05) is 12.1 Å². The van der Waals surface area contributed by atoms with Gasteiger partial charge in [0.2, 0.25) is 5.91 Å². The van der Waals surface area contributed by atoms with Crippen LogP contribution in [-0.2, 0) is 11.2 Å². The van der Waals surface area contributed by atoms with E-state index in [9.17, 15) is 4.79 Å². The highest BCUT2D eigenvalue weighted by atomic mass is 16.2. The van der Waals surface area contributed by atoms with Crippen LogP contribution in [0.1, 0.15) is 38.2 Å². The molecule has 0 aromatic carbocycles.